The number of allylic oxidation sites excluding steroid dienone is 1. The Hall–Kier alpha value is -3.41. The van der Waals surface area contributed by atoms with Crippen molar-refractivity contribution >= 4 is 51.5 Å². The number of H-pyrrole nitrogens is 1. The van der Waals surface area contributed by atoms with E-state index in [1.54, 1.807) is 37.4 Å². The Morgan fingerprint density at radius 2 is 1.58 bits per heavy atom. The van der Waals surface area contributed by atoms with Crippen molar-refractivity contribution in [2.45, 2.75) is 0 Å². The molecule has 31 heavy (non-hydrogen) atoms. The van der Waals surface area contributed by atoms with Gasteiger partial charge in [-0.05, 0) is 48.0 Å². The number of aromatic amines is 1. The van der Waals surface area contributed by atoms with Gasteiger partial charge >= 0.3 is 0 Å². The van der Waals surface area contributed by atoms with Gasteiger partial charge in [-0.2, -0.15) is 0 Å². The molecule has 0 aliphatic heterocycles. The number of nitrogens with one attached hydrogen (secondary N) is 2. The Kier molecular flexibility index (Phi) is 5.63. The van der Waals surface area contributed by atoms with Crippen molar-refractivity contribution < 1.29 is 9.59 Å². The van der Waals surface area contributed by atoms with Crippen molar-refractivity contribution in [1.29, 1.82) is 0 Å². The number of fused-ring (bicyclic) bond motifs is 1. The van der Waals surface area contributed by atoms with E-state index in [0.29, 0.717) is 38.1 Å². The van der Waals surface area contributed by atoms with Crippen molar-refractivity contribution in [3.05, 3.63) is 94.0 Å². The summed E-state index contributed by atoms with van der Waals surface area (Å²) in [6.07, 6.45) is 0. The van der Waals surface area contributed by atoms with Crippen LogP contribution in [0.2, 0.25) is 10.0 Å². The number of imidazole rings is 1. The van der Waals surface area contributed by atoms with Crippen LogP contribution in [-0.4, -0.2) is 28.7 Å². The minimum Gasteiger partial charge on any atom is -0.355 e. The van der Waals surface area contributed by atoms with E-state index in [4.69, 9.17) is 23.2 Å². The summed E-state index contributed by atoms with van der Waals surface area (Å²) in [4.78, 5) is 32.4. The van der Waals surface area contributed by atoms with Gasteiger partial charge in [0.2, 0.25) is 0 Å². The molecule has 4 rings (SSSR count). The predicted octanol–water partition coefficient (Wildman–Crippen LogP) is 5.79. The first-order chi connectivity index (χ1) is 14.9. The average Bonchev–Trinajstić information content (AvgIpc) is 3.23. The number of carbonyl (C=O) groups excluding carboxylic acids is 2. The van der Waals surface area contributed by atoms with Gasteiger partial charge in [0.15, 0.2) is 5.78 Å². The first kappa shape index (κ1) is 20.8. The number of benzene rings is 3. The highest BCUT2D eigenvalue weighted by Gasteiger charge is 2.15. The van der Waals surface area contributed by atoms with E-state index in [1.807, 2.05) is 24.3 Å². The first-order valence-corrected chi connectivity index (χ1v) is 10.1. The number of nitrogens with zero attached hydrogens (tertiary/aromatic N) is 1. The summed E-state index contributed by atoms with van der Waals surface area (Å²) in [5.41, 5.74) is 4.37. The van der Waals surface area contributed by atoms with Gasteiger partial charge in [0.1, 0.15) is 5.82 Å². The molecular weight excluding hydrogens is 433 g/mol. The van der Waals surface area contributed by atoms with Gasteiger partial charge in [0.25, 0.3) is 5.91 Å². The van der Waals surface area contributed by atoms with E-state index in [2.05, 4.69) is 21.9 Å². The Labute approximate surface area is 188 Å². The molecule has 0 aliphatic rings. The number of halogens is 2. The molecule has 1 heterocycles. The van der Waals surface area contributed by atoms with Crippen LogP contribution < -0.4 is 5.32 Å². The molecule has 2 N–H and O–H groups in total. The highest BCUT2D eigenvalue weighted by molar-refractivity contribution is 6.42. The third kappa shape index (κ3) is 4.10. The van der Waals surface area contributed by atoms with Gasteiger partial charge in [-0.1, -0.05) is 48.0 Å². The molecule has 4 aromatic rings. The molecule has 7 heteroatoms. The second-order valence-electron chi connectivity index (χ2n) is 6.91. The van der Waals surface area contributed by atoms with Crippen LogP contribution in [0.25, 0.3) is 28.0 Å². The fourth-order valence-corrected chi connectivity index (χ4v) is 3.50. The molecule has 0 saturated carbocycles. The number of aromatic nitrogens is 2. The maximum absolute atomic E-state index is 12.8. The van der Waals surface area contributed by atoms with Crippen LogP contribution in [-0.2, 0) is 0 Å². The van der Waals surface area contributed by atoms with Crippen molar-refractivity contribution in [3.63, 3.8) is 0 Å². The second-order valence-corrected chi connectivity index (χ2v) is 7.72. The van der Waals surface area contributed by atoms with E-state index in [1.165, 1.54) is 6.07 Å². The lowest BCUT2D eigenvalue weighted by molar-refractivity contribution is 0.0962. The zero-order valence-corrected chi connectivity index (χ0v) is 18.0. The maximum atomic E-state index is 12.8. The number of hydrogen-bond acceptors (Lipinski definition) is 3. The fraction of sp³-hybridized carbons (Fsp3) is 0.0417. The zero-order valence-electron chi connectivity index (χ0n) is 16.5. The lowest BCUT2D eigenvalue weighted by Crippen LogP contribution is -2.17. The molecule has 0 spiro atoms. The van der Waals surface area contributed by atoms with Gasteiger partial charge in [-0.25, -0.2) is 4.98 Å². The third-order valence-electron chi connectivity index (χ3n) is 4.93. The zero-order chi connectivity index (χ0) is 22.1. The average molecular weight is 450 g/mol. The van der Waals surface area contributed by atoms with Crippen LogP contribution in [0.4, 0.5) is 0 Å². The first-order valence-electron chi connectivity index (χ1n) is 9.38. The quantitative estimate of drug-likeness (QED) is 0.299. The van der Waals surface area contributed by atoms with Crippen molar-refractivity contribution in [2.24, 2.45) is 0 Å². The van der Waals surface area contributed by atoms with E-state index in [-0.39, 0.29) is 11.7 Å². The SMILES string of the molecule is C=C(C(=O)c1ccc(Cl)c(Cl)c1)c1ccc2nc(-c3ccc(C(=O)NC)cc3)[nH]c2c1. The number of hydrogen-bond donors (Lipinski definition) is 2. The molecule has 0 radical (unpaired) electrons. The lowest BCUT2D eigenvalue weighted by atomic mass is 9.98. The summed E-state index contributed by atoms with van der Waals surface area (Å²) < 4.78 is 0. The van der Waals surface area contributed by atoms with Crippen molar-refractivity contribution in [3.8, 4) is 11.4 Å². The van der Waals surface area contributed by atoms with Gasteiger partial charge in [-0.3, -0.25) is 9.59 Å². The summed E-state index contributed by atoms with van der Waals surface area (Å²) in [6, 6.07) is 17.4. The van der Waals surface area contributed by atoms with E-state index in [9.17, 15) is 9.59 Å². The highest BCUT2D eigenvalue weighted by Crippen LogP contribution is 2.28. The monoisotopic (exact) mass is 449 g/mol. The van der Waals surface area contributed by atoms with E-state index < -0.39 is 0 Å². The maximum Gasteiger partial charge on any atom is 0.251 e. The molecule has 5 nitrogen and oxygen atoms in total. The van der Waals surface area contributed by atoms with Gasteiger partial charge < -0.3 is 10.3 Å². The second kappa shape index (κ2) is 8.38. The molecule has 1 amide bonds. The fourth-order valence-electron chi connectivity index (χ4n) is 3.20. The van der Waals surface area contributed by atoms with Crippen LogP contribution in [0.5, 0.6) is 0 Å². The molecule has 154 valence electrons. The molecule has 0 aliphatic carbocycles. The van der Waals surface area contributed by atoms with Crippen LogP contribution in [0.1, 0.15) is 26.3 Å². The van der Waals surface area contributed by atoms with E-state index in [0.717, 1.165) is 16.6 Å². The highest BCUT2D eigenvalue weighted by atomic mass is 35.5. The van der Waals surface area contributed by atoms with Gasteiger partial charge in [0, 0.05) is 29.3 Å². The Morgan fingerprint density at radius 3 is 2.26 bits per heavy atom. The van der Waals surface area contributed by atoms with Crippen LogP contribution in [0.15, 0.2) is 67.2 Å². The summed E-state index contributed by atoms with van der Waals surface area (Å²) in [5, 5.41) is 3.30. The molecular formula is C24H17Cl2N3O2. The van der Waals surface area contributed by atoms with Gasteiger partial charge in [0.05, 0.1) is 21.1 Å². The number of Topliss-reactive ketones (excluding diaryl/α,β-unsaturated/α-hetero) is 1. The third-order valence-corrected chi connectivity index (χ3v) is 5.67. The molecule has 0 fully saturated rings. The van der Waals surface area contributed by atoms with Crippen LogP contribution in [0, 0.1) is 0 Å². The normalized spacial score (nSPS) is 10.8. The Bertz CT molecular complexity index is 1340. The lowest BCUT2D eigenvalue weighted by Gasteiger charge is -2.06. The number of carbonyl (C=O) groups is 2. The largest absolute Gasteiger partial charge is 0.355 e. The number of amides is 1. The molecule has 0 unspecified atom stereocenters. The van der Waals surface area contributed by atoms with Crippen LogP contribution in [0.3, 0.4) is 0 Å². The number of ketones is 1. The molecule has 1 aromatic heterocycles. The molecule has 0 saturated heterocycles. The van der Waals surface area contributed by atoms with Crippen LogP contribution >= 0.6 is 23.2 Å². The van der Waals surface area contributed by atoms with Crippen molar-refractivity contribution in [1.82, 2.24) is 15.3 Å². The van der Waals surface area contributed by atoms with E-state index >= 15 is 0 Å². The summed E-state index contributed by atoms with van der Waals surface area (Å²) in [5.74, 6) is 0.283. The molecule has 0 bridgehead atoms. The standard InChI is InChI=1S/C24H17Cl2N3O2/c1-13(22(30)17-7-9-18(25)19(26)11-17)16-8-10-20-21(12-16)29-23(28-20)14-3-5-15(6-4-14)24(31)27-2/h3-12H,1H2,2H3,(H,27,31)(H,28,29). The topological polar surface area (TPSA) is 74.8 Å². The van der Waals surface area contributed by atoms with Crippen molar-refractivity contribution in [2.75, 3.05) is 7.05 Å². The molecule has 3 aromatic carbocycles. The number of rotatable bonds is 5. The summed E-state index contributed by atoms with van der Waals surface area (Å²) in [7, 11) is 1.59. The smallest absolute Gasteiger partial charge is 0.251 e. The van der Waals surface area contributed by atoms with Gasteiger partial charge in [-0.15, -0.1) is 0 Å². The minimum absolute atomic E-state index is 0.147. The predicted molar refractivity (Wildman–Crippen MR) is 125 cm³/mol. The minimum atomic E-state index is -0.234. The Morgan fingerprint density at radius 1 is 0.903 bits per heavy atom. The Balaban J connectivity index is 1.62. The molecule has 0 atom stereocenters. The summed E-state index contributed by atoms with van der Waals surface area (Å²) >= 11 is 12.0. The summed E-state index contributed by atoms with van der Waals surface area (Å²) in [6.45, 7) is 3.96.